The van der Waals surface area contributed by atoms with E-state index < -0.39 is 0 Å². The van der Waals surface area contributed by atoms with Gasteiger partial charge in [-0.2, -0.15) is 0 Å². The minimum atomic E-state index is 0.592. The SMILES string of the molecule is Nc1ccccc1OCCn1c(C2CC2)nc2ccccc21. The zero-order chi connectivity index (χ0) is 14.9. The molecule has 1 saturated carbocycles. The van der Waals surface area contributed by atoms with Crippen LogP contribution in [0.4, 0.5) is 5.69 Å². The normalized spacial score (nSPS) is 14.4. The molecule has 1 aliphatic carbocycles. The highest BCUT2D eigenvalue weighted by atomic mass is 16.5. The Bertz CT molecular complexity index is 805. The van der Waals surface area contributed by atoms with Crippen LogP contribution in [0, 0.1) is 0 Å². The number of nitrogens with two attached hydrogens (primary N) is 1. The molecule has 1 aliphatic rings. The molecule has 112 valence electrons. The molecule has 0 spiro atoms. The largest absolute Gasteiger partial charge is 0.490 e. The molecular weight excluding hydrogens is 274 g/mol. The molecule has 1 fully saturated rings. The second-order valence-corrected chi connectivity index (χ2v) is 5.77. The van der Waals surface area contributed by atoms with Gasteiger partial charge < -0.3 is 15.0 Å². The van der Waals surface area contributed by atoms with Crippen molar-refractivity contribution in [2.45, 2.75) is 25.3 Å². The quantitative estimate of drug-likeness (QED) is 0.732. The Labute approximate surface area is 129 Å². The predicted octanol–water partition coefficient (Wildman–Crippen LogP) is 3.57. The Kier molecular flexibility index (Phi) is 3.22. The van der Waals surface area contributed by atoms with Gasteiger partial charge in [-0.15, -0.1) is 0 Å². The Morgan fingerprint density at radius 1 is 1.09 bits per heavy atom. The average molecular weight is 293 g/mol. The standard InChI is InChI=1S/C18H19N3O/c19-14-5-1-4-8-17(14)22-12-11-21-16-7-3-2-6-15(16)20-18(21)13-9-10-13/h1-8,13H,9-12,19H2. The number of imidazole rings is 1. The lowest BCUT2D eigenvalue weighted by Gasteiger charge is -2.11. The van der Waals surface area contributed by atoms with Crippen molar-refractivity contribution in [1.82, 2.24) is 9.55 Å². The Hall–Kier alpha value is -2.49. The van der Waals surface area contributed by atoms with E-state index in [2.05, 4.69) is 22.8 Å². The zero-order valence-electron chi connectivity index (χ0n) is 12.4. The van der Waals surface area contributed by atoms with Gasteiger partial charge in [-0.25, -0.2) is 4.98 Å². The van der Waals surface area contributed by atoms with Crippen LogP contribution in [0.2, 0.25) is 0 Å². The molecule has 1 aromatic heterocycles. The van der Waals surface area contributed by atoms with Crippen molar-refractivity contribution in [2.24, 2.45) is 0 Å². The van der Waals surface area contributed by atoms with Crippen LogP contribution in [-0.2, 0) is 6.54 Å². The number of benzene rings is 2. The molecule has 0 amide bonds. The van der Waals surface area contributed by atoms with Gasteiger partial charge in [0.05, 0.1) is 23.3 Å². The van der Waals surface area contributed by atoms with Gasteiger partial charge in [0, 0.05) is 5.92 Å². The maximum atomic E-state index is 5.91. The van der Waals surface area contributed by atoms with Crippen molar-refractivity contribution in [3.05, 3.63) is 54.4 Å². The maximum Gasteiger partial charge on any atom is 0.142 e. The summed E-state index contributed by atoms with van der Waals surface area (Å²) in [7, 11) is 0. The van der Waals surface area contributed by atoms with Crippen molar-refractivity contribution in [3.8, 4) is 5.75 Å². The van der Waals surface area contributed by atoms with Gasteiger partial charge in [0.1, 0.15) is 18.2 Å². The molecule has 0 bridgehead atoms. The summed E-state index contributed by atoms with van der Waals surface area (Å²) < 4.78 is 8.14. The lowest BCUT2D eigenvalue weighted by Crippen LogP contribution is -2.11. The molecule has 4 heteroatoms. The first kappa shape index (κ1) is 13.2. The van der Waals surface area contributed by atoms with E-state index in [0.717, 1.165) is 17.8 Å². The van der Waals surface area contributed by atoms with E-state index in [0.29, 0.717) is 18.2 Å². The van der Waals surface area contributed by atoms with Crippen molar-refractivity contribution >= 4 is 16.7 Å². The predicted molar refractivity (Wildman–Crippen MR) is 88.1 cm³/mol. The molecule has 0 atom stereocenters. The fraction of sp³-hybridized carbons (Fsp3) is 0.278. The van der Waals surface area contributed by atoms with E-state index in [1.807, 2.05) is 30.3 Å². The monoisotopic (exact) mass is 293 g/mol. The Morgan fingerprint density at radius 3 is 2.68 bits per heavy atom. The second-order valence-electron chi connectivity index (χ2n) is 5.77. The lowest BCUT2D eigenvalue weighted by molar-refractivity contribution is 0.300. The third kappa shape index (κ3) is 2.41. The molecule has 0 saturated heterocycles. The third-order valence-electron chi connectivity index (χ3n) is 4.12. The average Bonchev–Trinajstić information content (AvgIpc) is 3.32. The van der Waals surface area contributed by atoms with E-state index >= 15 is 0 Å². The van der Waals surface area contributed by atoms with Gasteiger partial charge in [-0.05, 0) is 37.1 Å². The van der Waals surface area contributed by atoms with Crippen LogP contribution in [0.3, 0.4) is 0 Å². The van der Waals surface area contributed by atoms with E-state index in [1.165, 1.54) is 24.2 Å². The highest BCUT2D eigenvalue weighted by Crippen LogP contribution is 2.40. The Balaban J connectivity index is 1.56. The van der Waals surface area contributed by atoms with Gasteiger partial charge in [-0.1, -0.05) is 24.3 Å². The maximum absolute atomic E-state index is 5.91. The van der Waals surface area contributed by atoms with Gasteiger partial charge in [-0.3, -0.25) is 0 Å². The molecule has 2 aromatic carbocycles. The third-order valence-corrected chi connectivity index (χ3v) is 4.12. The summed E-state index contributed by atoms with van der Waals surface area (Å²) in [4.78, 5) is 4.80. The number of ether oxygens (including phenoxy) is 1. The first-order valence-corrected chi connectivity index (χ1v) is 7.75. The highest BCUT2D eigenvalue weighted by molar-refractivity contribution is 5.76. The summed E-state index contributed by atoms with van der Waals surface area (Å²) >= 11 is 0. The first-order valence-electron chi connectivity index (χ1n) is 7.75. The fourth-order valence-electron chi connectivity index (χ4n) is 2.84. The highest BCUT2D eigenvalue weighted by Gasteiger charge is 2.29. The van der Waals surface area contributed by atoms with Crippen molar-refractivity contribution in [1.29, 1.82) is 0 Å². The van der Waals surface area contributed by atoms with Gasteiger partial charge >= 0.3 is 0 Å². The number of hydrogen-bond donors (Lipinski definition) is 1. The van der Waals surface area contributed by atoms with Crippen LogP contribution in [0.25, 0.3) is 11.0 Å². The lowest BCUT2D eigenvalue weighted by atomic mass is 10.3. The second kappa shape index (κ2) is 5.37. The van der Waals surface area contributed by atoms with Crippen LogP contribution in [0.5, 0.6) is 5.75 Å². The van der Waals surface area contributed by atoms with Crippen LogP contribution in [-0.4, -0.2) is 16.2 Å². The number of anilines is 1. The van der Waals surface area contributed by atoms with Crippen LogP contribution < -0.4 is 10.5 Å². The smallest absolute Gasteiger partial charge is 0.142 e. The molecule has 22 heavy (non-hydrogen) atoms. The number of rotatable bonds is 5. The molecular formula is C18H19N3O. The molecule has 3 aromatic rings. The van der Waals surface area contributed by atoms with E-state index in [4.69, 9.17) is 15.5 Å². The Morgan fingerprint density at radius 2 is 1.86 bits per heavy atom. The molecule has 0 aliphatic heterocycles. The van der Waals surface area contributed by atoms with Crippen molar-refractivity contribution in [3.63, 3.8) is 0 Å². The van der Waals surface area contributed by atoms with Gasteiger partial charge in [0.2, 0.25) is 0 Å². The number of nitrogen functional groups attached to an aromatic ring is 1. The summed E-state index contributed by atoms with van der Waals surface area (Å²) in [5.74, 6) is 2.57. The van der Waals surface area contributed by atoms with Crippen molar-refractivity contribution in [2.75, 3.05) is 12.3 Å². The first-order chi connectivity index (χ1) is 10.8. The number of aromatic nitrogens is 2. The summed E-state index contributed by atoms with van der Waals surface area (Å²) in [6.07, 6.45) is 2.49. The van der Waals surface area contributed by atoms with E-state index in [-0.39, 0.29) is 0 Å². The summed E-state index contributed by atoms with van der Waals surface area (Å²) in [5.41, 5.74) is 8.86. The number of fused-ring (bicyclic) bond motifs is 1. The molecule has 0 unspecified atom stereocenters. The minimum absolute atomic E-state index is 0.592. The van der Waals surface area contributed by atoms with Gasteiger partial charge in [0.25, 0.3) is 0 Å². The van der Waals surface area contributed by atoms with E-state index in [9.17, 15) is 0 Å². The molecule has 2 N–H and O–H groups in total. The van der Waals surface area contributed by atoms with Crippen LogP contribution in [0.1, 0.15) is 24.6 Å². The molecule has 4 nitrogen and oxygen atoms in total. The number of nitrogens with zero attached hydrogens (tertiary/aromatic N) is 2. The van der Waals surface area contributed by atoms with Crippen molar-refractivity contribution < 1.29 is 4.74 Å². The summed E-state index contributed by atoms with van der Waals surface area (Å²) in [6, 6.07) is 15.9. The minimum Gasteiger partial charge on any atom is -0.490 e. The van der Waals surface area contributed by atoms with Gasteiger partial charge in [0.15, 0.2) is 0 Å². The number of hydrogen-bond acceptors (Lipinski definition) is 3. The van der Waals surface area contributed by atoms with Crippen LogP contribution in [0.15, 0.2) is 48.5 Å². The zero-order valence-corrected chi connectivity index (χ0v) is 12.4. The van der Waals surface area contributed by atoms with E-state index in [1.54, 1.807) is 0 Å². The fourth-order valence-corrected chi connectivity index (χ4v) is 2.84. The van der Waals surface area contributed by atoms with Crippen LogP contribution >= 0.6 is 0 Å². The number of para-hydroxylation sites is 4. The molecule has 4 rings (SSSR count). The topological polar surface area (TPSA) is 53.1 Å². The summed E-state index contributed by atoms with van der Waals surface area (Å²) in [6.45, 7) is 1.38. The molecule has 1 heterocycles. The molecule has 0 radical (unpaired) electrons. The summed E-state index contributed by atoms with van der Waals surface area (Å²) in [5, 5.41) is 0.